The molecule has 2 rings (SSSR count). The van der Waals surface area contributed by atoms with Crippen molar-refractivity contribution < 1.29 is 19.1 Å². The van der Waals surface area contributed by atoms with E-state index in [1.54, 1.807) is 48.5 Å². The molecule has 28 heavy (non-hydrogen) atoms. The standard InChI is InChI=1S/C19H20ClN3O4S/c1-2-26-11-12-27-14-9-7-13(8-10-14)17(24)21-19(28)23-22-18(25)15-5-3-4-6-16(15)20/h3-10H,2,11-12H2,1H3,(H,22,25)(H2,21,23,24,28). The fraction of sp³-hybridized carbons (Fsp3) is 0.211. The summed E-state index contributed by atoms with van der Waals surface area (Å²) in [7, 11) is 0. The second kappa shape index (κ2) is 11.2. The predicted octanol–water partition coefficient (Wildman–Crippen LogP) is 2.70. The molecule has 0 heterocycles. The molecule has 2 aromatic rings. The van der Waals surface area contributed by atoms with Gasteiger partial charge in [-0.05, 0) is 55.5 Å². The van der Waals surface area contributed by atoms with Crippen molar-refractivity contribution in [3.63, 3.8) is 0 Å². The first kappa shape index (κ1) is 21.6. The molecule has 148 valence electrons. The highest BCUT2D eigenvalue weighted by Gasteiger charge is 2.11. The number of hydrogen-bond donors (Lipinski definition) is 3. The van der Waals surface area contributed by atoms with Crippen LogP contribution in [0.5, 0.6) is 5.75 Å². The minimum atomic E-state index is -0.476. The zero-order valence-electron chi connectivity index (χ0n) is 15.2. The van der Waals surface area contributed by atoms with Crippen LogP contribution in [0.2, 0.25) is 5.02 Å². The van der Waals surface area contributed by atoms with E-state index in [-0.39, 0.29) is 10.7 Å². The van der Waals surface area contributed by atoms with E-state index in [1.165, 1.54) is 0 Å². The topological polar surface area (TPSA) is 88.7 Å². The first-order valence-corrected chi connectivity index (χ1v) is 9.26. The molecule has 3 N–H and O–H groups in total. The van der Waals surface area contributed by atoms with E-state index in [9.17, 15) is 9.59 Å². The van der Waals surface area contributed by atoms with E-state index in [0.717, 1.165) is 0 Å². The smallest absolute Gasteiger partial charge is 0.271 e. The van der Waals surface area contributed by atoms with Crippen molar-refractivity contribution in [1.29, 1.82) is 0 Å². The fourth-order valence-electron chi connectivity index (χ4n) is 2.10. The van der Waals surface area contributed by atoms with Crippen LogP contribution in [0.4, 0.5) is 0 Å². The number of hydrazine groups is 1. The second-order valence-electron chi connectivity index (χ2n) is 5.41. The maximum absolute atomic E-state index is 12.2. The van der Waals surface area contributed by atoms with Crippen LogP contribution in [0.15, 0.2) is 48.5 Å². The van der Waals surface area contributed by atoms with E-state index >= 15 is 0 Å². The summed E-state index contributed by atoms with van der Waals surface area (Å²) in [6.07, 6.45) is 0. The molecule has 9 heteroatoms. The van der Waals surface area contributed by atoms with Crippen LogP contribution in [-0.2, 0) is 4.74 Å². The Morgan fingerprint density at radius 1 is 1.00 bits per heavy atom. The SMILES string of the molecule is CCOCCOc1ccc(C(=O)NC(=S)NNC(=O)c2ccccc2Cl)cc1. The Balaban J connectivity index is 1.79. The molecule has 2 amide bonds. The number of ether oxygens (including phenoxy) is 2. The molecule has 0 unspecified atom stereocenters. The zero-order valence-corrected chi connectivity index (χ0v) is 16.7. The normalized spacial score (nSPS) is 10.1. The Hall–Kier alpha value is -2.68. The van der Waals surface area contributed by atoms with Gasteiger partial charge in [0, 0.05) is 12.2 Å². The molecular formula is C19H20ClN3O4S. The van der Waals surface area contributed by atoms with Gasteiger partial charge >= 0.3 is 0 Å². The lowest BCUT2D eigenvalue weighted by Gasteiger charge is -2.12. The minimum Gasteiger partial charge on any atom is -0.491 e. The highest BCUT2D eigenvalue weighted by molar-refractivity contribution is 7.80. The first-order valence-electron chi connectivity index (χ1n) is 8.48. The lowest BCUT2D eigenvalue weighted by molar-refractivity contribution is 0.0934. The number of amides is 2. The fourth-order valence-corrected chi connectivity index (χ4v) is 2.46. The quantitative estimate of drug-likeness (QED) is 0.362. The van der Waals surface area contributed by atoms with Gasteiger partial charge in [-0.15, -0.1) is 0 Å². The van der Waals surface area contributed by atoms with E-state index < -0.39 is 11.8 Å². The summed E-state index contributed by atoms with van der Waals surface area (Å²) in [5.41, 5.74) is 5.51. The summed E-state index contributed by atoms with van der Waals surface area (Å²) >= 11 is 11.0. The van der Waals surface area contributed by atoms with Gasteiger partial charge in [-0.2, -0.15) is 0 Å². The maximum Gasteiger partial charge on any atom is 0.271 e. The number of halogens is 1. The van der Waals surface area contributed by atoms with Gasteiger partial charge in [-0.25, -0.2) is 0 Å². The van der Waals surface area contributed by atoms with Gasteiger partial charge in [-0.1, -0.05) is 23.7 Å². The number of thiocarbonyl (C=S) groups is 1. The molecule has 0 saturated carbocycles. The molecule has 0 saturated heterocycles. The van der Waals surface area contributed by atoms with Gasteiger partial charge in [0.15, 0.2) is 5.11 Å². The molecule has 0 aliphatic rings. The van der Waals surface area contributed by atoms with Crippen LogP contribution in [0.1, 0.15) is 27.6 Å². The summed E-state index contributed by atoms with van der Waals surface area (Å²) in [5, 5.41) is 2.72. The first-order chi connectivity index (χ1) is 13.5. The predicted molar refractivity (Wildman–Crippen MR) is 111 cm³/mol. The van der Waals surface area contributed by atoms with Crippen LogP contribution in [0, 0.1) is 0 Å². The Kier molecular flexibility index (Phi) is 8.67. The number of carbonyl (C=O) groups is 2. The van der Waals surface area contributed by atoms with Crippen LogP contribution >= 0.6 is 23.8 Å². The average molecular weight is 422 g/mol. The Morgan fingerprint density at radius 2 is 1.71 bits per heavy atom. The van der Waals surface area contributed by atoms with Gasteiger partial charge in [0.25, 0.3) is 11.8 Å². The molecule has 2 aromatic carbocycles. The highest BCUT2D eigenvalue weighted by Crippen LogP contribution is 2.14. The van der Waals surface area contributed by atoms with Gasteiger partial charge in [0.2, 0.25) is 0 Å². The molecule has 0 atom stereocenters. The summed E-state index contributed by atoms with van der Waals surface area (Å²) in [5.74, 6) is -0.273. The van der Waals surface area contributed by atoms with E-state index in [2.05, 4.69) is 16.2 Å². The molecule has 0 radical (unpaired) electrons. The van der Waals surface area contributed by atoms with Crippen molar-refractivity contribution in [1.82, 2.24) is 16.2 Å². The van der Waals surface area contributed by atoms with Crippen molar-refractivity contribution in [2.75, 3.05) is 19.8 Å². The lowest BCUT2D eigenvalue weighted by Crippen LogP contribution is -2.48. The summed E-state index contributed by atoms with van der Waals surface area (Å²) in [6.45, 7) is 3.47. The third kappa shape index (κ3) is 6.80. The van der Waals surface area contributed by atoms with Crippen molar-refractivity contribution >= 4 is 40.7 Å². The minimum absolute atomic E-state index is 0.0533. The van der Waals surface area contributed by atoms with Gasteiger partial charge in [-0.3, -0.25) is 25.8 Å². The van der Waals surface area contributed by atoms with Crippen LogP contribution < -0.4 is 20.9 Å². The third-order valence-electron chi connectivity index (χ3n) is 3.45. The molecule has 0 bridgehead atoms. The lowest BCUT2D eigenvalue weighted by atomic mass is 10.2. The van der Waals surface area contributed by atoms with E-state index in [4.69, 9.17) is 33.3 Å². The number of carbonyl (C=O) groups excluding carboxylic acids is 2. The second-order valence-corrected chi connectivity index (χ2v) is 6.23. The third-order valence-corrected chi connectivity index (χ3v) is 3.99. The Morgan fingerprint density at radius 3 is 2.39 bits per heavy atom. The van der Waals surface area contributed by atoms with Crippen LogP contribution in [0.25, 0.3) is 0 Å². The maximum atomic E-state index is 12.2. The number of nitrogens with one attached hydrogen (secondary N) is 3. The number of benzene rings is 2. The Labute approximate surface area is 173 Å². The molecule has 0 spiro atoms. The zero-order chi connectivity index (χ0) is 20.4. The largest absolute Gasteiger partial charge is 0.491 e. The van der Waals surface area contributed by atoms with Crippen molar-refractivity contribution in [2.45, 2.75) is 6.92 Å². The van der Waals surface area contributed by atoms with E-state index in [0.29, 0.717) is 36.2 Å². The van der Waals surface area contributed by atoms with Gasteiger partial charge in [0.05, 0.1) is 17.2 Å². The molecule has 0 aliphatic carbocycles. The van der Waals surface area contributed by atoms with Gasteiger partial charge < -0.3 is 9.47 Å². The average Bonchev–Trinajstić information content (AvgIpc) is 2.70. The molecule has 0 fully saturated rings. The summed E-state index contributed by atoms with van der Waals surface area (Å²) in [6, 6.07) is 13.1. The molecule has 7 nitrogen and oxygen atoms in total. The molecule has 0 aromatic heterocycles. The van der Waals surface area contributed by atoms with Gasteiger partial charge in [0.1, 0.15) is 12.4 Å². The van der Waals surface area contributed by atoms with Crippen molar-refractivity contribution in [3.8, 4) is 5.75 Å². The van der Waals surface area contributed by atoms with Crippen LogP contribution in [0.3, 0.4) is 0 Å². The summed E-state index contributed by atoms with van der Waals surface area (Å²) in [4.78, 5) is 24.2. The Bertz CT molecular complexity index is 830. The van der Waals surface area contributed by atoms with E-state index in [1.807, 2.05) is 6.92 Å². The monoisotopic (exact) mass is 421 g/mol. The number of rotatable bonds is 7. The highest BCUT2D eigenvalue weighted by atomic mass is 35.5. The molecular weight excluding hydrogens is 402 g/mol. The van der Waals surface area contributed by atoms with Crippen molar-refractivity contribution in [3.05, 3.63) is 64.7 Å². The van der Waals surface area contributed by atoms with Crippen molar-refractivity contribution in [2.24, 2.45) is 0 Å². The van der Waals surface area contributed by atoms with Crippen LogP contribution in [-0.4, -0.2) is 36.7 Å². The molecule has 0 aliphatic heterocycles. The summed E-state index contributed by atoms with van der Waals surface area (Å²) < 4.78 is 10.7. The number of hydrogen-bond acceptors (Lipinski definition) is 5.